The van der Waals surface area contributed by atoms with Gasteiger partial charge < -0.3 is 10.6 Å². The summed E-state index contributed by atoms with van der Waals surface area (Å²) in [4.78, 5) is 0. The standard InChI is InChI=1S/C16H17ClN2S/c1-12-5-7-13(8-6-12)10-18-16(20)19-11-14-3-2-4-15(17)9-14/h2-9H,10-11H2,1H3,(H2,18,19,20). The van der Waals surface area contributed by atoms with Gasteiger partial charge in [-0.25, -0.2) is 0 Å². The lowest BCUT2D eigenvalue weighted by molar-refractivity contribution is 0.833. The van der Waals surface area contributed by atoms with E-state index in [1.165, 1.54) is 11.1 Å². The molecule has 0 saturated heterocycles. The van der Waals surface area contributed by atoms with Gasteiger partial charge in [-0.1, -0.05) is 53.6 Å². The number of halogens is 1. The van der Waals surface area contributed by atoms with Crippen LogP contribution in [0, 0.1) is 6.92 Å². The number of benzene rings is 2. The Hall–Kier alpha value is -1.58. The van der Waals surface area contributed by atoms with E-state index in [2.05, 4.69) is 41.8 Å². The van der Waals surface area contributed by atoms with E-state index >= 15 is 0 Å². The summed E-state index contributed by atoms with van der Waals surface area (Å²) in [6.45, 7) is 3.47. The second-order valence-corrected chi connectivity index (χ2v) is 5.50. The number of hydrogen-bond donors (Lipinski definition) is 2. The summed E-state index contributed by atoms with van der Waals surface area (Å²) >= 11 is 11.2. The molecule has 104 valence electrons. The van der Waals surface area contributed by atoms with E-state index in [1.54, 1.807) is 0 Å². The monoisotopic (exact) mass is 304 g/mol. The lowest BCUT2D eigenvalue weighted by Crippen LogP contribution is -2.34. The first-order chi connectivity index (χ1) is 9.63. The molecule has 2 N–H and O–H groups in total. The Kier molecular flexibility index (Phi) is 5.39. The molecule has 0 unspecified atom stereocenters. The van der Waals surface area contributed by atoms with Crippen LogP contribution in [0.5, 0.6) is 0 Å². The highest BCUT2D eigenvalue weighted by Crippen LogP contribution is 2.10. The predicted molar refractivity (Wildman–Crippen MR) is 88.9 cm³/mol. The fourth-order valence-corrected chi connectivity index (χ4v) is 2.14. The lowest BCUT2D eigenvalue weighted by Gasteiger charge is -2.11. The van der Waals surface area contributed by atoms with Crippen molar-refractivity contribution in [3.63, 3.8) is 0 Å². The van der Waals surface area contributed by atoms with Gasteiger partial charge in [0.2, 0.25) is 0 Å². The largest absolute Gasteiger partial charge is 0.359 e. The fourth-order valence-electron chi connectivity index (χ4n) is 1.78. The number of rotatable bonds is 4. The van der Waals surface area contributed by atoms with Crippen molar-refractivity contribution in [3.05, 3.63) is 70.2 Å². The van der Waals surface area contributed by atoms with Gasteiger partial charge in [0.25, 0.3) is 0 Å². The van der Waals surface area contributed by atoms with Crippen LogP contribution >= 0.6 is 23.8 Å². The maximum Gasteiger partial charge on any atom is 0.166 e. The van der Waals surface area contributed by atoms with Gasteiger partial charge in [0, 0.05) is 18.1 Å². The SMILES string of the molecule is Cc1ccc(CNC(=S)NCc2cccc(Cl)c2)cc1. The molecular formula is C16H17ClN2S. The smallest absolute Gasteiger partial charge is 0.166 e. The zero-order chi connectivity index (χ0) is 14.4. The van der Waals surface area contributed by atoms with Gasteiger partial charge in [-0.05, 0) is 42.4 Å². The van der Waals surface area contributed by atoms with Crippen molar-refractivity contribution < 1.29 is 0 Å². The highest BCUT2D eigenvalue weighted by Gasteiger charge is 1.98. The molecular weight excluding hydrogens is 288 g/mol. The van der Waals surface area contributed by atoms with Gasteiger partial charge in [-0.15, -0.1) is 0 Å². The highest BCUT2D eigenvalue weighted by molar-refractivity contribution is 7.80. The molecule has 0 spiro atoms. The van der Waals surface area contributed by atoms with Crippen LogP contribution in [0.2, 0.25) is 5.02 Å². The van der Waals surface area contributed by atoms with Crippen molar-refractivity contribution in [2.75, 3.05) is 0 Å². The Morgan fingerprint density at radius 1 is 1.00 bits per heavy atom. The highest BCUT2D eigenvalue weighted by atomic mass is 35.5. The first-order valence-electron chi connectivity index (χ1n) is 6.45. The summed E-state index contributed by atoms with van der Waals surface area (Å²) in [6, 6.07) is 16.1. The Morgan fingerprint density at radius 3 is 2.30 bits per heavy atom. The van der Waals surface area contributed by atoms with Crippen LogP contribution in [0.3, 0.4) is 0 Å². The molecule has 2 rings (SSSR count). The second-order valence-electron chi connectivity index (χ2n) is 4.65. The summed E-state index contributed by atoms with van der Waals surface area (Å²) in [5.74, 6) is 0. The summed E-state index contributed by atoms with van der Waals surface area (Å²) in [6.07, 6.45) is 0. The molecule has 4 heteroatoms. The minimum Gasteiger partial charge on any atom is -0.359 e. The Morgan fingerprint density at radius 2 is 1.65 bits per heavy atom. The molecule has 2 aromatic rings. The maximum atomic E-state index is 5.94. The van der Waals surface area contributed by atoms with E-state index in [-0.39, 0.29) is 0 Å². The molecule has 0 atom stereocenters. The molecule has 0 aliphatic carbocycles. The normalized spacial score (nSPS) is 10.1. The van der Waals surface area contributed by atoms with E-state index in [4.69, 9.17) is 23.8 Å². The van der Waals surface area contributed by atoms with Crippen LogP contribution in [0.1, 0.15) is 16.7 Å². The van der Waals surface area contributed by atoms with Gasteiger partial charge >= 0.3 is 0 Å². The average Bonchev–Trinajstić information content (AvgIpc) is 2.45. The lowest BCUT2D eigenvalue weighted by atomic mass is 10.1. The quantitative estimate of drug-likeness (QED) is 0.840. The summed E-state index contributed by atoms with van der Waals surface area (Å²) in [5, 5.41) is 7.74. The van der Waals surface area contributed by atoms with E-state index in [1.807, 2.05) is 24.3 Å². The van der Waals surface area contributed by atoms with Crippen LogP contribution < -0.4 is 10.6 Å². The van der Waals surface area contributed by atoms with E-state index < -0.39 is 0 Å². The van der Waals surface area contributed by atoms with Crippen LogP contribution in [0.25, 0.3) is 0 Å². The van der Waals surface area contributed by atoms with Gasteiger partial charge in [-0.2, -0.15) is 0 Å². The van der Waals surface area contributed by atoms with Crippen molar-refractivity contribution in [2.45, 2.75) is 20.0 Å². The van der Waals surface area contributed by atoms with Gasteiger partial charge in [-0.3, -0.25) is 0 Å². The van der Waals surface area contributed by atoms with Gasteiger partial charge in [0.15, 0.2) is 5.11 Å². The molecule has 0 amide bonds. The van der Waals surface area contributed by atoms with Gasteiger partial charge in [0.05, 0.1) is 0 Å². The molecule has 20 heavy (non-hydrogen) atoms. The first-order valence-corrected chi connectivity index (χ1v) is 7.24. The van der Waals surface area contributed by atoms with Gasteiger partial charge in [0.1, 0.15) is 0 Å². The van der Waals surface area contributed by atoms with Crippen molar-refractivity contribution in [1.29, 1.82) is 0 Å². The molecule has 0 aliphatic rings. The Labute approximate surface area is 130 Å². The zero-order valence-electron chi connectivity index (χ0n) is 11.3. The molecule has 2 aromatic carbocycles. The van der Waals surface area contributed by atoms with Crippen LogP contribution in [0.15, 0.2) is 48.5 Å². The summed E-state index contributed by atoms with van der Waals surface area (Å²) in [5.41, 5.74) is 3.58. The minimum atomic E-state index is 0.644. The molecule has 0 heterocycles. The molecule has 0 bridgehead atoms. The number of hydrogen-bond acceptors (Lipinski definition) is 1. The average molecular weight is 305 g/mol. The Balaban J connectivity index is 1.77. The van der Waals surface area contributed by atoms with Crippen LogP contribution in [-0.2, 0) is 13.1 Å². The molecule has 2 nitrogen and oxygen atoms in total. The zero-order valence-corrected chi connectivity index (χ0v) is 12.9. The summed E-state index contributed by atoms with van der Waals surface area (Å²) < 4.78 is 0. The summed E-state index contributed by atoms with van der Waals surface area (Å²) in [7, 11) is 0. The number of thiocarbonyl (C=S) groups is 1. The molecule has 0 radical (unpaired) electrons. The predicted octanol–water partition coefficient (Wildman–Crippen LogP) is 3.81. The van der Waals surface area contributed by atoms with Crippen molar-refractivity contribution >= 4 is 28.9 Å². The van der Waals surface area contributed by atoms with Crippen molar-refractivity contribution in [2.24, 2.45) is 0 Å². The van der Waals surface area contributed by atoms with Crippen molar-refractivity contribution in [3.8, 4) is 0 Å². The molecule has 0 aromatic heterocycles. The van der Waals surface area contributed by atoms with E-state index in [9.17, 15) is 0 Å². The van der Waals surface area contributed by atoms with E-state index in [0.29, 0.717) is 11.7 Å². The fraction of sp³-hybridized carbons (Fsp3) is 0.188. The third-order valence-electron chi connectivity index (χ3n) is 2.92. The van der Waals surface area contributed by atoms with Crippen LogP contribution in [-0.4, -0.2) is 5.11 Å². The Bertz CT molecular complexity index is 581. The van der Waals surface area contributed by atoms with Crippen molar-refractivity contribution in [1.82, 2.24) is 10.6 Å². The molecule has 0 fully saturated rings. The molecule has 0 saturated carbocycles. The first kappa shape index (κ1) is 14.8. The number of nitrogens with one attached hydrogen (secondary N) is 2. The van der Waals surface area contributed by atoms with Crippen LogP contribution in [0.4, 0.5) is 0 Å². The third-order valence-corrected chi connectivity index (χ3v) is 3.44. The maximum absolute atomic E-state index is 5.94. The molecule has 0 aliphatic heterocycles. The number of aryl methyl sites for hydroxylation is 1. The minimum absolute atomic E-state index is 0.644. The topological polar surface area (TPSA) is 24.1 Å². The van der Waals surface area contributed by atoms with E-state index in [0.717, 1.165) is 17.1 Å². The second kappa shape index (κ2) is 7.27. The third kappa shape index (κ3) is 4.83.